The number of benzene rings is 1. The zero-order chi connectivity index (χ0) is 12.9. The van der Waals surface area contributed by atoms with Gasteiger partial charge in [-0.25, -0.2) is 0 Å². The van der Waals surface area contributed by atoms with E-state index >= 15 is 0 Å². The average molecular weight is 357 g/mol. The highest BCUT2D eigenvalue weighted by molar-refractivity contribution is 14.1. The normalized spacial score (nSPS) is 11.3. The van der Waals surface area contributed by atoms with Crippen LogP contribution in [-0.2, 0) is 0 Å². The molecule has 94 valence electrons. The molecule has 1 amide bonds. The largest absolute Gasteiger partial charge is 0.389 e. The van der Waals surface area contributed by atoms with E-state index in [4.69, 9.17) is 0 Å². The van der Waals surface area contributed by atoms with Gasteiger partial charge in [-0.2, -0.15) is 13.2 Å². The molecule has 0 spiro atoms. The van der Waals surface area contributed by atoms with Gasteiger partial charge < -0.3 is 5.32 Å². The fourth-order valence-electron chi connectivity index (χ4n) is 1.23. The highest BCUT2D eigenvalue weighted by Crippen LogP contribution is 2.20. The van der Waals surface area contributed by atoms with Crippen LogP contribution in [0.3, 0.4) is 0 Å². The number of nitrogens with one attached hydrogen (secondary N) is 1. The zero-order valence-corrected chi connectivity index (χ0v) is 11.0. The molecular formula is C11H11F3INO. The number of carbonyl (C=O) groups excluding carboxylic acids is 1. The van der Waals surface area contributed by atoms with E-state index < -0.39 is 12.6 Å². The number of halogens is 4. The maximum atomic E-state index is 11.9. The molecule has 0 saturated carbocycles. The first kappa shape index (κ1) is 14.3. The number of rotatable bonds is 4. The number of amides is 1. The molecule has 1 N–H and O–H groups in total. The second-order valence-corrected chi connectivity index (χ2v) is 4.62. The second kappa shape index (κ2) is 6.23. The smallest absolute Gasteiger partial charge is 0.352 e. The van der Waals surface area contributed by atoms with Crippen molar-refractivity contribution < 1.29 is 18.0 Å². The minimum Gasteiger partial charge on any atom is -0.352 e. The van der Waals surface area contributed by atoms with E-state index in [1.54, 1.807) is 24.3 Å². The fourth-order valence-corrected chi connectivity index (χ4v) is 1.86. The van der Waals surface area contributed by atoms with Crippen LogP contribution in [-0.4, -0.2) is 18.6 Å². The average Bonchev–Trinajstić information content (AvgIpc) is 2.23. The maximum Gasteiger partial charge on any atom is 0.389 e. The van der Waals surface area contributed by atoms with E-state index in [0.717, 1.165) is 3.57 Å². The van der Waals surface area contributed by atoms with Crippen molar-refractivity contribution in [3.05, 3.63) is 33.4 Å². The van der Waals surface area contributed by atoms with Gasteiger partial charge in [0.2, 0.25) is 0 Å². The van der Waals surface area contributed by atoms with Gasteiger partial charge in [-0.1, -0.05) is 12.1 Å². The van der Waals surface area contributed by atoms with Gasteiger partial charge in [0.15, 0.2) is 0 Å². The number of hydrogen-bond acceptors (Lipinski definition) is 1. The highest BCUT2D eigenvalue weighted by Gasteiger charge is 2.26. The van der Waals surface area contributed by atoms with Crippen LogP contribution in [0, 0.1) is 3.57 Å². The molecular weight excluding hydrogens is 346 g/mol. The lowest BCUT2D eigenvalue weighted by Gasteiger charge is -2.08. The maximum absolute atomic E-state index is 11.9. The lowest BCUT2D eigenvalue weighted by molar-refractivity contribution is -0.135. The van der Waals surface area contributed by atoms with Crippen molar-refractivity contribution in [2.45, 2.75) is 19.0 Å². The number of alkyl halides is 3. The first-order chi connectivity index (χ1) is 7.90. The van der Waals surface area contributed by atoms with Gasteiger partial charge in [-0.3, -0.25) is 4.79 Å². The Balaban J connectivity index is 2.39. The van der Waals surface area contributed by atoms with Crippen molar-refractivity contribution in [2.24, 2.45) is 0 Å². The summed E-state index contributed by atoms with van der Waals surface area (Å²) in [6, 6.07) is 6.92. The van der Waals surface area contributed by atoms with Gasteiger partial charge in [-0.15, -0.1) is 0 Å². The van der Waals surface area contributed by atoms with Crippen LogP contribution in [0.1, 0.15) is 23.2 Å². The van der Waals surface area contributed by atoms with Crippen molar-refractivity contribution in [3.63, 3.8) is 0 Å². The van der Waals surface area contributed by atoms with Gasteiger partial charge in [0.1, 0.15) is 0 Å². The summed E-state index contributed by atoms with van der Waals surface area (Å²) in [5.41, 5.74) is 0.486. The van der Waals surface area contributed by atoms with E-state index in [1.165, 1.54) is 0 Å². The first-order valence-corrected chi connectivity index (χ1v) is 6.07. The van der Waals surface area contributed by atoms with Gasteiger partial charge in [0.25, 0.3) is 5.91 Å². The van der Waals surface area contributed by atoms with Crippen molar-refractivity contribution in [1.82, 2.24) is 5.32 Å². The van der Waals surface area contributed by atoms with Crippen molar-refractivity contribution in [1.29, 1.82) is 0 Å². The Morgan fingerprint density at radius 1 is 1.29 bits per heavy atom. The summed E-state index contributed by atoms with van der Waals surface area (Å²) in [7, 11) is 0. The second-order valence-electron chi connectivity index (χ2n) is 3.45. The summed E-state index contributed by atoms with van der Waals surface area (Å²) >= 11 is 2.01. The first-order valence-electron chi connectivity index (χ1n) is 4.99. The molecule has 0 bridgehead atoms. The van der Waals surface area contributed by atoms with E-state index in [2.05, 4.69) is 5.32 Å². The predicted octanol–water partition coefficient (Wildman–Crippen LogP) is 3.36. The van der Waals surface area contributed by atoms with Crippen LogP contribution < -0.4 is 5.32 Å². The monoisotopic (exact) mass is 357 g/mol. The summed E-state index contributed by atoms with van der Waals surface area (Å²) in [5.74, 6) is -0.336. The van der Waals surface area contributed by atoms with Crippen LogP contribution in [0.2, 0.25) is 0 Å². The van der Waals surface area contributed by atoms with E-state index in [1.807, 2.05) is 22.6 Å². The van der Waals surface area contributed by atoms with Crippen molar-refractivity contribution in [3.8, 4) is 0 Å². The molecule has 0 aliphatic heterocycles. The molecule has 1 aromatic carbocycles. The highest BCUT2D eigenvalue weighted by atomic mass is 127. The Hall–Kier alpha value is -0.790. The molecule has 0 aliphatic carbocycles. The van der Waals surface area contributed by atoms with E-state index in [9.17, 15) is 18.0 Å². The molecule has 0 radical (unpaired) electrons. The summed E-state index contributed by atoms with van der Waals surface area (Å²) in [6.07, 6.45) is -5.14. The minimum absolute atomic E-state index is 0.0311. The number of carbonyl (C=O) groups is 1. The predicted molar refractivity (Wildman–Crippen MR) is 66.8 cm³/mol. The molecule has 6 heteroatoms. The van der Waals surface area contributed by atoms with Crippen LogP contribution in [0.25, 0.3) is 0 Å². The quantitative estimate of drug-likeness (QED) is 0.650. The summed E-state index contributed by atoms with van der Waals surface area (Å²) in [4.78, 5) is 11.6. The molecule has 1 rings (SSSR count). The summed E-state index contributed by atoms with van der Waals surface area (Å²) in [6.45, 7) is 0.0311. The zero-order valence-electron chi connectivity index (χ0n) is 8.85. The summed E-state index contributed by atoms with van der Waals surface area (Å²) < 4.78 is 36.3. The van der Waals surface area contributed by atoms with Crippen LogP contribution in [0.5, 0.6) is 0 Å². The lowest BCUT2D eigenvalue weighted by atomic mass is 10.2. The van der Waals surface area contributed by atoms with Gasteiger partial charge in [0, 0.05) is 16.5 Å². The minimum atomic E-state index is -4.16. The van der Waals surface area contributed by atoms with Crippen molar-refractivity contribution >= 4 is 28.5 Å². The molecule has 2 nitrogen and oxygen atoms in total. The Morgan fingerprint density at radius 2 is 1.94 bits per heavy atom. The van der Waals surface area contributed by atoms with Gasteiger partial charge in [-0.05, 0) is 41.1 Å². The molecule has 0 fully saturated rings. The Morgan fingerprint density at radius 3 is 2.53 bits per heavy atom. The fraction of sp³-hybridized carbons (Fsp3) is 0.364. The molecule has 0 aliphatic rings. The molecule has 1 aromatic rings. The van der Waals surface area contributed by atoms with Gasteiger partial charge >= 0.3 is 6.18 Å². The molecule has 0 unspecified atom stereocenters. The molecule has 17 heavy (non-hydrogen) atoms. The molecule has 0 saturated heterocycles. The molecule has 0 heterocycles. The van der Waals surface area contributed by atoms with E-state index in [0.29, 0.717) is 5.56 Å². The third kappa shape index (κ3) is 5.38. The topological polar surface area (TPSA) is 29.1 Å². The Bertz CT molecular complexity index is 393. The third-order valence-electron chi connectivity index (χ3n) is 2.04. The number of hydrogen-bond donors (Lipinski definition) is 1. The third-order valence-corrected chi connectivity index (χ3v) is 2.98. The van der Waals surface area contributed by atoms with Crippen LogP contribution in [0.4, 0.5) is 13.2 Å². The van der Waals surface area contributed by atoms with Gasteiger partial charge in [0.05, 0.1) is 5.56 Å². The van der Waals surface area contributed by atoms with Crippen LogP contribution in [0.15, 0.2) is 24.3 Å². The standard InChI is InChI=1S/C11H11F3INO/c12-11(13,14)6-3-7-16-10(17)8-4-1-2-5-9(8)15/h1-2,4-5H,3,6-7H2,(H,16,17). The SMILES string of the molecule is O=C(NCCCC(F)(F)F)c1ccccc1I. The summed E-state index contributed by atoms with van der Waals surface area (Å²) in [5, 5.41) is 2.47. The Kier molecular flexibility index (Phi) is 5.23. The van der Waals surface area contributed by atoms with E-state index in [-0.39, 0.29) is 18.9 Å². The molecule has 0 atom stereocenters. The molecule has 0 aromatic heterocycles. The Labute approximate surface area is 111 Å². The van der Waals surface area contributed by atoms with Crippen molar-refractivity contribution in [2.75, 3.05) is 6.54 Å². The van der Waals surface area contributed by atoms with Crippen LogP contribution >= 0.6 is 22.6 Å². The lowest BCUT2D eigenvalue weighted by Crippen LogP contribution is -2.26.